The molecule has 2 heterocycles. The van der Waals surface area contributed by atoms with Gasteiger partial charge in [-0.2, -0.15) is 0 Å². The first-order chi connectivity index (χ1) is 11.5. The maximum Gasteiger partial charge on any atom is 0.224 e. The quantitative estimate of drug-likeness (QED) is 0.836. The molecular weight excluding hydrogens is 311 g/mol. The summed E-state index contributed by atoms with van der Waals surface area (Å²) in [6.45, 7) is 6.06. The number of ether oxygens (including phenoxy) is 2. The van der Waals surface area contributed by atoms with Gasteiger partial charge in [-0.3, -0.25) is 9.69 Å². The van der Waals surface area contributed by atoms with Gasteiger partial charge in [-0.25, -0.2) is 4.39 Å². The van der Waals surface area contributed by atoms with Crippen molar-refractivity contribution < 1.29 is 18.7 Å². The molecule has 0 bridgehead atoms. The number of fused-ring (bicyclic) bond motifs is 3. The molecule has 0 aliphatic carbocycles. The number of benzene rings is 1. The van der Waals surface area contributed by atoms with E-state index < -0.39 is 0 Å². The number of nitrogens with zero attached hydrogens (tertiary/aromatic N) is 1. The maximum atomic E-state index is 13.6. The molecule has 1 N–H and O–H groups in total. The van der Waals surface area contributed by atoms with Crippen LogP contribution in [0, 0.1) is 17.7 Å². The first-order valence-electron chi connectivity index (χ1n) is 8.49. The summed E-state index contributed by atoms with van der Waals surface area (Å²) >= 11 is 0. The van der Waals surface area contributed by atoms with Gasteiger partial charge >= 0.3 is 0 Å². The molecule has 3 rings (SSSR count). The van der Waals surface area contributed by atoms with Crippen LogP contribution in [0.2, 0.25) is 0 Å². The lowest BCUT2D eigenvalue weighted by Gasteiger charge is -2.33. The number of hydrogen-bond donors (Lipinski definition) is 1. The van der Waals surface area contributed by atoms with Crippen LogP contribution in [0.3, 0.4) is 0 Å². The molecule has 6 heteroatoms. The van der Waals surface area contributed by atoms with E-state index in [2.05, 4.69) is 10.2 Å². The lowest BCUT2D eigenvalue weighted by molar-refractivity contribution is -0.126. The van der Waals surface area contributed by atoms with E-state index in [-0.39, 0.29) is 35.7 Å². The van der Waals surface area contributed by atoms with Crippen molar-refractivity contribution in [3.8, 4) is 5.75 Å². The number of hydrogen-bond acceptors (Lipinski definition) is 4. The Balaban J connectivity index is 1.67. The highest BCUT2D eigenvalue weighted by molar-refractivity contribution is 5.80. The van der Waals surface area contributed by atoms with Crippen LogP contribution in [-0.4, -0.2) is 50.3 Å². The van der Waals surface area contributed by atoms with Crippen LogP contribution in [0.5, 0.6) is 5.75 Å². The number of carbonyl (C=O) groups excluding carboxylic acids is 1. The molecule has 1 saturated heterocycles. The normalized spacial score (nSPS) is 26.0. The van der Waals surface area contributed by atoms with Gasteiger partial charge < -0.3 is 14.8 Å². The zero-order valence-electron chi connectivity index (χ0n) is 14.4. The summed E-state index contributed by atoms with van der Waals surface area (Å²) in [5, 5.41) is 2.95. The van der Waals surface area contributed by atoms with E-state index in [1.165, 1.54) is 12.1 Å². The molecule has 132 valence electrons. The molecule has 0 radical (unpaired) electrons. The molecule has 1 aromatic rings. The van der Waals surface area contributed by atoms with Crippen molar-refractivity contribution >= 4 is 5.91 Å². The highest BCUT2D eigenvalue weighted by Gasteiger charge is 2.47. The average Bonchev–Trinajstić information content (AvgIpc) is 2.88. The number of nitrogens with one attached hydrogen (secondary N) is 1. The van der Waals surface area contributed by atoms with Gasteiger partial charge in [-0.05, 0) is 39.1 Å². The Hall–Kier alpha value is -1.66. The van der Waals surface area contributed by atoms with Crippen LogP contribution in [0.25, 0.3) is 0 Å². The second-order valence-electron chi connectivity index (χ2n) is 6.86. The van der Waals surface area contributed by atoms with Crippen LogP contribution < -0.4 is 10.1 Å². The SMILES string of the molecule is CC(C)OCCNC(=O)[C@@H]1CN(C)[C@H]2c3cc(F)ccc3OC[C@@H]12. The van der Waals surface area contributed by atoms with Gasteiger partial charge in [0.05, 0.1) is 25.2 Å². The fraction of sp³-hybridized carbons (Fsp3) is 0.611. The summed E-state index contributed by atoms with van der Waals surface area (Å²) in [6.07, 6.45) is 0.155. The van der Waals surface area contributed by atoms with Crippen LogP contribution in [0.1, 0.15) is 25.5 Å². The van der Waals surface area contributed by atoms with Gasteiger partial charge in [-0.1, -0.05) is 0 Å². The highest BCUT2D eigenvalue weighted by Crippen LogP contribution is 2.46. The second-order valence-corrected chi connectivity index (χ2v) is 6.86. The Labute approximate surface area is 142 Å². The van der Waals surface area contributed by atoms with Gasteiger partial charge in [0, 0.05) is 30.6 Å². The maximum absolute atomic E-state index is 13.6. The number of halogens is 1. The fourth-order valence-electron chi connectivity index (χ4n) is 3.73. The third kappa shape index (κ3) is 3.39. The molecular formula is C18H25FN2O3. The zero-order valence-corrected chi connectivity index (χ0v) is 14.4. The van der Waals surface area contributed by atoms with E-state index in [4.69, 9.17) is 9.47 Å². The molecule has 1 amide bonds. The summed E-state index contributed by atoms with van der Waals surface area (Å²) in [6, 6.07) is 4.63. The van der Waals surface area contributed by atoms with Crippen molar-refractivity contribution in [2.75, 3.05) is 33.4 Å². The Morgan fingerprint density at radius 1 is 1.50 bits per heavy atom. The summed E-state index contributed by atoms with van der Waals surface area (Å²) in [5.74, 6) is 0.344. The molecule has 24 heavy (non-hydrogen) atoms. The number of amides is 1. The van der Waals surface area contributed by atoms with E-state index in [0.717, 1.165) is 11.3 Å². The van der Waals surface area contributed by atoms with E-state index in [1.807, 2.05) is 20.9 Å². The standard InChI is InChI=1S/C18H25FN2O3/c1-11(2)23-7-6-20-18(22)14-9-21(3)17-13-8-12(19)4-5-16(13)24-10-15(14)17/h4-5,8,11,14-15,17H,6-7,9-10H2,1-3H3,(H,20,22)/t14-,15+,17+/m1/s1. The number of likely N-dealkylation sites (tertiary alicyclic amines) is 1. The van der Waals surface area contributed by atoms with E-state index in [9.17, 15) is 9.18 Å². The predicted molar refractivity (Wildman–Crippen MR) is 88.3 cm³/mol. The van der Waals surface area contributed by atoms with Crippen LogP contribution in [-0.2, 0) is 9.53 Å². The van der Waals surface area contributed by atoms with E-state index >= 15 is 0 Å². The van der Waals surface area contributed by atoms with Crippen molar-refractivity contribution in [3.05, 3.63) is 29.6 Å². The molecule has 0 aromatic heterocycles. The van der Waals surface area contributed by atoms with E-state index in [1.54, 1.807) is 6.07 Å². The van der Waals surface area contributed by atoms with Gasteiger partial charge in [-0.15, -0.1) is 0 Å². The minimum atomic E-state index is -0.273. The molecule has 3 atom stereocenters. The molecule has 0 saturated carbocycles. The Morgan fingerprint density at radius 3 is 3.04 bits per heavy atom. The largest absolute Gasteiger partial charge is 0.493 e. The minimum absolute atomic E-state index is 0.0187. The lowest BCUT2D eigenvalue weighted by atomic mass is 9.85. The first kappa shape index (κ1) is 17.2. The molecule has 5 nitrogen and oxygen atoms in total. The predicted octanol–water partition coefficient (Wildman–Crippen LogP) is 1.98. The van der Waals surface area contributed by atoms with Gasteiger partial charge in [0.15, 0.2) is 0 Å². The Bertz CT molecular complexity index is 608. The molecule has 0 spiro atoms. The monoisotopic (exact) mass is 336 g/mol. The first-order valence-corrected chi connectivity index (χ1v) is 8.49. The Kier molecular flexibility index (Phi) is 5.06. The molecule has 1 aromatic carbocycles. The lowest BCUT2D eigenvalue weighted by Crippen LogP contribution is -2.39. The van der Waals surface area contributed by atoms with Crippen molar-refractivity contribution in [2.24, 2.45) is 11.8 Å². The molecule has 0 unspecified atom stereocenters. The fourth-order valence-corrected chi connectivity index (χ4v) is 3.73. The smallest absolute Gasteiger partial charge is 0.224 e. The topological polar surface area (TPSA) is 50.8 Å². The second kappa shape index (κ2) is 7.07. The average molecular weight is 336 g/mol. The van der Waals surface area contributed by atoms with Crippen LogP contribution >= 0.6 is 0 Å². The van der Waals surface area contributed by atoms with Gasteiger partial charge in [0.25, 0.3) is 0 Å². The summed E-state index contributed by atoms with van der Waals surface area (Å²) < 4.78 is 24.9. The van der Waals surface area contributed by atoms with Gasteiger partial charge in [0.1, 0.15) is 11.6 Å². The summed E-state index contributed by atoms with van der Waals surface area (Å²) in [5.41, 5.74) is 0.840. The molecule has 2 aliphatic heterocycles. The van der Waals surface area contributed by atoms with Crippen LogP contribution in [0.15, 0.2) is 18.2 Å². The number of carbonyl (C=O) groups is 1. The van der Waals surface area contributed by atoms with Gasteiger partial charge in [0.2, 0.25) is 5.91 Å². The summed E-state index contributed by atoms with van der Waals surface area (Å²) in [7, 11) is 1.98. The molecule has 2 aliphatic rings. The highest BCUT2D eigenvalue weighted by atomic mass is 19.1. The zero-order chi connectivity index (χ0) is 17.3. The summed E-state index contributed by atoms with van der Waals surface area (Å²) in [4.78, 5) is 14.7. The molecule has 1 fully saturated rings. The third-order valence-electron chi connectivity index (χ3n) is 4.79. The van der Waals surface area contributed by atoms with E-state index in [0.29, 0.717) is 26.3 Å². The van der Waals surface area contributed by atoms with Crippen molar-refractivity contribution in [1.82, 2.24) is 10.2 Å². The van der Waals surface area contributed by atoms with Crippen molar-refractivity contribution in [1.29, 1.82) is 0 Å². The number of rotatable bonds is 5. The third-order valence-corrected chi connectivity index (χ3v) is 4.79. The Morgan fingerprint density at radius 2 is 2.29 bits per heavy atom. The van der Waals surface area contributed by atoms with Crippen molar-refractivity contribution in [3.63, 3.8) is 0 Å². The van der Waals surface area contributed by atoms with Crippen LogP contribution in [0.4, 0.5) is 4.39 Å². The van der Waals surface area contributed by atoms with Crippen molar-refractivity contribution in [2.45, 2.75) is 26.0 Å². The minimum Gasteiger partial charge on any atom is -0.493 e.